The molecule has 2 heterocycles. The standard InChI is InChI=1S/C15H12O8.2H2O/c1-2-21-10(17)4-6-8-5-22-14(19)7-3-9(16)12(18)13(11(7)8)23-15(6)20;;/h3,16,18H,2,4-5H2,1H3;2*1H2. The normalized spacial score (nSPS) is 12.0. The van der Waals surface area contributed by atoms with Gasteiger partial charge < -0.3 is 35.1 Å². The number of phenolic OH excluding ortho intramolecular Hbond substituents is 2. The van der Waals surface area contributed by atoms with Crippen molar-refractivity contribution in [1.82, 2.24) is 0 Å². The van der Waals surface area contributed by atoms with Crippen molar-refractivity contribution in [3.05, 3.63) is 33.2 Å². The second kappa shape index (κ2) is 7.20. The van der Waals surface area contributed by atoms with Crippen LogP contribution in [0.5, 0.6) is 11.5 Å². The molecule has 0 radical (unpaired) electrons. The average Bonchev–Trinajstić information content (AvgIpc) is 2.50. The van der Waals surface area contributed by atoms with Gasteiger partial charge in [-0.05, 0) is 13.0 Å². The topological polar surface area (TPSA) is 186 Å². The van der Waals surface area contributed by atoms with E-state index in [9.17, 15) is 24.6 Å². The lowest BCUT2D eigenvalue weighted by Gasteiger charge is -2.19. The van der Waals surface area contributed by atoms with E-state index in [2.05, 4.69) is 0 Å². The Morgan fingerprint density at radius 1 is 1.28 bits per heavy atom. The Morgan fingerprint density at radius 3 is 2.60 bits per heavy atom. The number of esters is 2. The second-order valence-electron chi connectivity index (χ2n) is 4.90. The van der Waals surface area contributed by atoms with Gasteiger partial charge in [0.25, 0.3) is 0 Å². The van der Waals surface area contributed by atoms with Gasteiger partial charge in [0.2, 0.25) is 5.75 Å². The number of benzene rings is 1. The van der Waals surface area contributed by atoms with Crippen LogP contribution in [0.4, 0.5) is 0 Å². The molecule has 0 saturated carbocycles. The first kappa shape index (κ1) is 19.9. The Balaban J connectivity index is 0.00000156. The van der Waals surface area contributed by atoms with Gasteiger partial charge >= 0.3 is 17.6 Å². The van der Waals surface area contributed by atoms with Crippen molar-refractivity contribution in [2.45, 2.75) is 20.0 Å². The van der Waals surface area contributed by atoms with Gasteiger partial charge in [0.1, 0.15) is 6.61 Å². The highest BCUT2D eigenvalue weighted by molar-refractivity contribution is 6.08. The molecule has 10 heteroatoms. The van der Waals surface area contributed by atoms with E-state index in [-0.39, 0.29) is 58.2 Å². The first-order chi connectivity index (χ1) is 10.9. The van der Waals surface area contributed by atoms with E-state index in [1.54, 1.807) is 6.92 Å². The number of aromatic hydroxyl groups is 2. The van der Waals surface area contributed by atoms with Crippen molar-refractivity contribution in [2.24, 2.45) is 0 Å². The van der Waals surface area contributed by atoms with E-state index in [0.29, 0.717) is 0 Å². The maximum atomic E-state index is 12.1. The lowest BCUT2D eigenvalue weighted by molar-refractivity contribution is -0.142. The first-order valence-corrected chi connectivity index (χ1v) is 6.80. The Kier molecular flexibility index (Phi) is 5.74. The third-order valence-corrected chi connectivity index (χ3v) is 3.54. The van der Waals surface area contributed by atoms with Crippen LogP contribution in [0.15, 0.2) is 15.3 Å². The van der Waals surface area contributed by atoms with E-state index in [1.165, 1.54) is 0 Å². The summed E-state index contributed by atoms with van der Waals surface area (Å²) in [5.74, 6) is -2.62. The molecule has 6 N–H and O–H groups in total. The molecule has 0 spiro atoms. The number of phenols is 2. The first-order valence-electron chi connectivity index (χ1n) is 6.80. The molecule has 3 rings (SSSR count). The zero-order chi connectivity index (χ0) is 16.7. The smallest absolute Gasteiger partial charge is 0.340 e. The van der Waals surface area contributed by atoms with Crippen molar-refractivity contribution >= 4 is 22.9 Å². The molecule has 0 fully saturated rings. The number of ether oxygens (including phenoxy) is 2. The fourth-order valence-corrected chi connectivity index (χ4v) is 2.53. The SMILES string of the molecule is CCOC(=O)Cc1c2c3c(cc(O)c(O)c3oc1=O)C(=O)OC2.O.O. The molecule has 1 aliphatic rings. The number of carbonyl (C=O) groups excluding carboxylic acids is 2. The molecule has 0 saturated heterocycles. The number of rotatable bonds is 3. The van der Waals surface area contributed by atoms with Crippen LogP contribution in [0.2, 0.25) is 0 Å². The number of carbonyl (C=O) groups is 2. The lowest BCUT2D eigenvalue weighted by atomic mass is 9.96. The Labute approximate surface area is 139 Å². The van der Waals surface area contributed by atoms with Gasteiger partial charge in [0, 0.05) is 10.9 Å². The van der Waals surface area contributed by atoms with Gasteiger partial charge in [0.15, 0.2) is 11.3 Å². The fourth-order valence-electron chi connectivity index (χ4n) is 2.53. The molecule has 10 nitrogen and oxygen atoms in total. The van der Waals surface area contributed by atoms with Crippen LogP contribution >= 0.6 is 0 Å². The second-order valence-corrected chi connectivity index (χ2v) is 4.90. The molecular formula is C15H16O10. The average molecular weight is 356 g/mol. The molecule has 0 bridgehead atoms. The van der Waals surface area contributed by atoms with Crippen molar-refractivity contribution in [3.63, 3.8) is 0 Å². The molecule has 1 aliphatic heterocycles. The van der Waals surface area contributed by atoms with E-state index >= 15 is 0 Å². The van der Waals surface area contributed by atoms with Gasteiger partial charge in [-0.25, -0.2) is 9.59 Å². The molecule has 0 amide bonds. The minimum absolute atomic E-state index is 0. The summed E-state index contributed by atoms with van der Waals surface area (Å²) < 4.78 is 14.8. The highest BCUT2D eigenvalue weighted by atomic mass is 16.5. The van der Waals surface area contributed by atoms with E-state index < -0.39 is 29.1 Å². The van der Waals surface area contributed by atoms with Crippen LogP contribution < -0.4 is 5.63 Å². The van der Waals surface area contributed by atoms with Crippen LogP contribution in [-0.4, -0.2) is 39.7 Å². The molecule has 1 aromatic carbocycles. The summed E-state index contributed by atoms with van der Waals surface area (Å²) in [6, 6.07) is 1.02. The summed E-state index contributed by atoms with van der Waals surface area (Å²) in [5.41, 5.74) is -0.982. The summed E-state index contributed by atoms with van der Waals surface area (Å²) in [6.45, 7) is 1.54. The lowest BCUT2D eigenvalue weighted by Crippen LogP contribution is -2.22. The van der Waals surface area contributed by atoms with Crippen molar-refractivity contribution in [1.29, 1.82) is 0 Å². The third kappa shape index (κ3) is 3.12. The molecule has 0 unspecified atom stereocenters. The van der Waals surface area contributed by atoms with E-state index in [4.69, 9.17) is 13.9 Å². The molecule has 0 aliphatic carbocycles. The molecule has 0 atom stereocenters. The van der Waals surface area contributed by atoms with Gasteiger partial charge in [0.05, 0.1) is 24.2 Å². The predicted molar refractivity (Wildman–Crippen MR) is 82.5 cm³/mol. The van der Waals surface area contributed by atoms with Gasteiger partial charge in [-0.3, -0.25) is 4.79 Å². The number of cyclic esters (lactones) is 1. The summed E-state index contributed by atoms with van der Waals surface area (Å²) in [6.07, 6.45) is -0.347. The summed E-state index contributed by atoms with van der Waals surface area (Å²) in [5, 5.41) is 19.7. The largest absolute Gasteiger partial charge is 0.504 e. The minimum Gasteiger partial charge on any atom is -0.504 e. The Bertz CT molecular complexity index is 896. The van der Waals surface area contributed by atoms with Crippen LogP contribution in [0.3, 0.4) is 0 Å². The highest BCUT2D eigenvalue weighted by Crippen LogP contribution is 2.40. The van der Waals surface area contributed by atoms with Crippen LogP contribution in [0.1, 0.15) is 28.4 Å². The Morgan fingerprint density at radius 2 is 1.96 bits per heavy atom. The zero-order valence-electron chi connectivity index (χ0n) is 13.0. The Hall–Kier alpha value is -3.11. The maximum absolute atomic E-state index is 12.1. The summed E-state index contributed by atoms with van der Waals surface area (Å²) in [7, 11) is 0. The molecule has 25 heavy (non-hydrogen) atoms. The maximum Gasteiger partial charge on any atom is 0.340 e. The zero-order valence-corrected chi connectivity index (χ0v) is 13.0. The number of hydrogen-bond acceptors (Lipinski definition) is 8. The molecular weight excluding hydrogens is 340 g/mol. The minimum atomic E-state index is -0.870. The van der Waals surface area contributed by atoms with Crippen molar-refractivity contribution in [2.75, 3.05) is 6.61 Å². The van der Waals surface area contributed by atoms with Crippen molar-refractivity contribution < 1.29 is 44.6 Å². The third-order valence-electron chi connectivity index (χ3n) is 3.54. The number of hydrogen-bond donors (Lipinski definition) is 2. The van der Waals surface area contributed by atoms with Gasteiger partial charge in [-0.15, -0.1) is 0 Å². The van der Waals surface area contributed by atoms with Crippen LogP contribution in [0.25, 0.3) is 11.0 Å². The van der Waals surface area contributed by atoms with Crippen LogP contribution in [0, 0.1) is 0 Å². The monoisotopic (exact) mass is 356 g/mol. The summed E-state index contributed by atoms with van der Waals surface area (Å²) >= 11 is 0. The van der Waals surface area contributed by atoms with E-state index in [1.807, 2.05) is 0 Å². The van der Waals surface area contributed by atoms with Gasteiger partial charge in [-0.2, -0.15) is 0 Å². The van der Waals surface area contributed by atoms with Crippen LogP contribution in [-0.2, 0) is 27.3 Å². The van der Waals surface area contributed by atoms with E-state index in [0.717, 1.165) is 6.07 Å². The molecule has 136 valence electrons. The molecule has 1 aromatic heterocycles. The molecule has 2 aromatic rings. The highest BCUT2D eigenvalue weighted by Gasteiger charge is 2.30. The fraction of sp³-hybridized carbons (Fsp3) is 0.267. The summed E-state index contributed by atoms with van der Waals surface area (Å²) in [4.78, 5) is 35.6. The van der Waals surface area contributed by atoms with Crippen molar-refractivity contribution in [3.8, 4) is 11.5 Å². The predicted octanol–water partition coefficient (Wildman–Crippen LogP) is -0.669. The van der Waals surface area contributed by atoms with Gasteiger partial charge in [-0.1, -0.05) is 0 Å². The quantitative estimate of drug-likeness (QED) is 0.411.